The van der Waals surface area contributed by atoms with Crippen LogP contribution in [0.15, 0.2) is 24.3 Å². The maximum absolute atomic E-state index is 12.3. The van der Waals surface area contributed by atoms with Crippen molar-refractivity contribution in [2.24, 2.45) is 5.92 Å². The van der Waals surface area contributed by atoms with Crippen molar-refractivity contribution in [1.29, 1.82) is 0 Å². The lowest BCUT2D eigenvalue weighted by atomic mass is 10.1. The maximum atomic E-state index is 12.3. The highest BCUT2D eigenvalue weighted by molar-refractivity contribution is 5.91. The second-order valence-electron chi connectivity index (χ2n) is 5.55. The van der Waals surface area contributed by atoms with Gasteiger partial charge in [0.05, 0.1) is 6.61 Å². The lowest BCUT2D eigenvalue weighted by molar-refractivity contribution is -0.126. The summed E-state index contributed by atoms with van der Waals surface area (Å²) in [5.74, 6) is 1.97. The van der Waals surface area contributed by atoms with Gasteiger partial charge >= 0.3 is 0 Å². The van der Waals surface area contributed by atoms with Crippen molar-refractivity contribution in [3.8, 4) is 11.5 Å². The predicted octanol–water partition coefficient (Wildman–Crippen LogP) is 2.31. The molecule has 3 rings (SSSR count). The SMILES string of the molecule is CCN(CC1CCOC1)C(=O)C=Cc1ccc2c(c1)OCO2. The van der Waals surface area contributed by atoms with Crippen LogP contribution >= 0.6 is 0 Å². The minimum Gasteiger partial charge on any atom is -0.454 e. The molecule has 0 spiro atoms. The Hall–Kier alpha value is -2.01. The Morgan fingerprint density at radius 3 is 3.00 bits per heavy atom. The van der Waals surface area contributed by atoms with Crippen molar-refractivity contribution in [3.05, 3.63) is 29.8 Å². The van der Waals surface area contributed by atoms with E-state index in [2.05, 4.69) is 0 Å². The van der Waals surface area contributed by atoms with Gasteiger partial charge < -0.3 is 19.1 Å². The van der Waals surface area contributed by atoms with Gasteiger partial charge in [-0.1, -0.05) is 6.07 Å². The molecule has 22 heavy (non-hydrogen) atoms. The van der Waals surface area contributed by atoms with E-state index in [4.69, 9.17) is 14.2 Å². The van der Waals surface area contributed by atoms with Crippen LogP contribution in [0.25, 0.3) is 6.08 Å². The van der Waals surface area contributed by atoms with E-state index in [1.165, 1.54) is 0 Å². The molecule has 2 aliphatic rings. The lowest BCUT2D eigenvalue weighted by Crippen LogP contribution is -2.34. The van der Waals surface area contributed by atoms with Gasteiger partial charge in [-0.3, -0.25) is 4.79 Å². The predicted molar refractivity (Wildman–Crippen MR) is 82.8 cm³/mol. The van der Waals surface area contributed by atoms with Crippen molar-refractivity contribution in [2.45, 2.75) is 13.3 Å². The molecule has 1 saturated heterocycles. The maximum Gasteiger partial charge on any atom is 0.246 e. The molecule has 2 heterocycles. The summed E-state index contributed by atoms with van der Waals surface area (Å²) in [7, 11) is 0. The molecule has 0 N–H and O–H groups in total. The number of rotatable bonds is 5. The molecule has 0 bridgehead atoms. The first-order valence-electron chi connectivity index (χ1n) is 7.70. The molecular formula is C17H21NO4. The number of hydrogen-bond acceptors (Lipinski definition) is 4. The second kappa shape index (κ2) is 6.83. The van der Waals surface area contributed by atoms with Crippen LogP contribution in [0.1, 0.15) is 18.9 Å². The third-order valence-electron chi connectivity index (χ3n) is 4.01. The van der Waals surface area contributed by atoms with Crippen molar-refractivity contribution < 1.29 is 19.0 Å². The topological polar surface area (TPSA) is 48.0 Å². The number of nitrogens with zero attached hydrogens (tertiary/aromatic N) is 1. The van der Waals surface area contributed by atoms with E-state index >= 15 is 0 Å². The number of hydrogen-bond donors (Lipinski definition) is 0. The van der Waals surface area contributed by atoms with E-state index in [0.29, 0.717) is 12.5 Å². The molecule has 2 aliphatic heterocycles. The Labute approximate surface area is 130 Å². The molecular weight excluding hydrogens is 282 g/mol. The monoisotopic (exact) mass is 303 g/mol. The quantitative estimate of drug-likeness (QED) is 0.783. The zero-order valence-electron chi connectivity index (χ0n) is 12.8. The summed E-state index contributed by atoms with van der Waals surface area (Å²) in [5.41, 5.74) is 0.929. The third-order valence-corrected chi connectivity index (χ3v) is 4.01. The Bertz CT molecular complexity index is 564. The van der Waals surface area contributed by atoms with Crippen LogP contribution in [0.3, 0.4) is 0 Å². The van der Waals surface area contributed by atoms with Crippen molar-refractivity contribution in [2.75, 3.05) is 33.1 Å². The Kier molecular flexibility index (Phi) is 4.63. The van der Waals surface area contributed by atoms with E-state index < -0.39 is 0 Å². The molecule has 0 saturated carbocycles. The lowest BCUT2D eigenvalue weighted by Gasteiger charge is -2.22. The Morgan fingerprint density at radius 1 is 1.36 bits per heavy atom. The van der Waals surface area contributed by atoms with Crippen LogP contribution < -0.4 is 9.47 Å². The van der Waals surface area contributed by atoms with Crippen LogP contribution in [-0.4, -0.2) is 43.9 Å². The van der Waals surface area contributed by atoms with Gasteiger partial charge in [0.2, 0.25) is 12.7 Å². The van der Waals surface area contributed by atoms with Gasteiger partial charge in [0.1, 0.15) is 0 Å². The van der Waals surface area contributed by atoms with Gasteiger partial charge in [-0.05, 0) is 37.1 Å². The highest BCUT2D eigenvalue weighted by Crippen LogP contribution is 2.32. The first-order chi connectivity index (χ1) is 10.8. The van der Waals surface area contributed by atoms with E-state index in [1.807, 2.05) is 36.1 Å². The zero-order chi connectivity index (χ0) is 15.4. The summed E-state index contributed by atoms with van der Waals surface area (Å²) in [6.07, 6.45) is 4.48. The van der Waals surface area contributed by atoms with E-state index in [9.17, 15) is 4.79 Å². The smallest absolute Gasteiger partial charge is 0.246 e. The van der Waals surface area contributed by atoms with Gasteiger partial charge in [0, 0.05) is 31.7 Å². The molecule has 118 valence electrons. The van der Waals surface area contributed by atoms with Gasteiger partial charge in [-0.15, -0.1) is 0 Å². The average molecular weight is 303 g/mol. The van der Waals surface area contributed by atoms with Crippen LogP contribution in [-0.2, 0) is 9.53 Å². The minimum absolute atomic E-state index is 0.0343. The van der Waals surface area contributed by atoms with Gasteiger partial charge in [-0.25, -0.2) is 0 Å². The molecule has 0 aliphatic carbocycles. The molecule has 1 unspecified atom stereocenters. The first-order valence-corrected chi connectivity index (χ1v) is 7.70. The van der Waals surface area contributed by atoms with E-state index in [1.54, 1.807) is 6.08 Å². The second-order valence-corrected chi connectivity index (χ2v) is 5.55. The number of benzene rings is 1. The van der Waals surface area contributed by atoms with E-state index in [-0.39, 0.29) is 12.7 Å². The van der Waals surface area contributed by atoms with Gasteiger partial charge in [-0.2, -0.15) is 0 Å². The van der Waals surface area contributed by atoms with Crippen molar-refractivity contribution >= 4 is 12.0 Å². The molecule has 5 nitrogen and oxygen atoms in total. The fourth-order valence-corrected chi connectivity index (χ4v) is 2.70. The molecule has 1 aromatic carbocycles. The molecule has 0 radical (unpaired) electrons. The number of ether oxygens (including phenoxy) is 3. The standard InChI is InChI=1S/C17H21NO4/c1-2-18(10-14-7-8-20-11-14)17(19)6-4-13-3-5-15-16(9-13)22-12-21-15/h3-6,9,14H,2,7-8,10-12H2,1H3. The van der Waals surface area contributed by atoms with Crippen molar-refractivity contribution in [3.63, 3.8) is 0 Å². The van der Waals surface area contributed by atoms with Crippen LogP contribution in [0.5, 0.6) is 11.5 Å². The third kappa shape index (κ3) is 3.42. The largest absolute Gasteiger partial charge is 0.454 e. The fourth-order valence-electron chi connectivity index (χ4n) is 2.70. The molecule has 1 atom stereocenters. The molecule has 1 aromatic rings. The molecule has 0 aromatic heterocycles. The fraction of sp³-hybridized carbons (Fsp3) is 0.471. The summed E-state index contributed by atoms with van der Waals surface area (Å²) < 4.78 is 16.0. The van der Waals surface area contributed by atoms with E-state index in [0.717, 1.165) is 43.2 Å². The van der Waals surface area contributed by atoms with Crippen LogP contribution in [0.4, 0.5) is 0 Å². The summed E-state index contributed by atoms with van der Waals surface area (Å²) in [5, 5.41) is 0. The first kappa shape index (κ1) is 14.9. The van der Waals surface area contributed by atoms with Crippen LogP contribution in [0, 0.1) is 5.92 Å². The normalized spacial score (nSPS) is 19.8. The van der Waals surface area contributed by atoms with Gasteiger partial charge in [0.15, 0.2) is 11.5 Å². The Morgan fingerprint density at radius 2 is 2.23 bits per heavy atom. The summed E-state index contributed by atoms with van der Waals surface area (Å²) >= 11 is 0. The van der Waals surface area contributed by atoms with Crippen molar-refractivity contribution in [1.82, 2.24) is 4.90 Å². The number of likely N-dealkylation sites (N-methyl/N-ethyl adjacent to an activating group) is 1. The Balaban J connectivity index is 1.61. The highest BCUT2D eigenvalue weighted by atomic mass is 16.7. The van der Waals surface area contributed by atoms with Gasteiger partial charge in [0.25, 0.3) is 0 Å². The number of fused-ring (bicyclic) bond motifs is 1. The minimum atomic E-state index is 0.0343. The zero-order valence-corrected chi connectivity index (χ0v) is 12.8. The van der Waals surface area contributed by atoms with Crippen LogP contribution in [0.2, 0.25) is 0 Å². The summed E-state index contributed by atoms with van der Waals surface area (Å²) in [6.45, 7) is 5.30. The highest BCUT2D eigenvalue weighted by Gasteiger charge is 2.20. The number of carbonyl (C=O) groups excluding carboxylic acids is 1. The molecule has 5 heteroatoms. The summed E-state index contributed by atoms with van der Waals surface area (Å²) in [6, 6.07) is 5.66. The molecule has 1 amide bonds. The molecule has 1 fully saturated rings. The summed E-state index contributed by atoms with van der Waals surface area (Å²) in [4.78, 5) is 14.2. The average Bonchev–Trinajstić information content (AvgIpc) is 3.20. The number of carbonyl (C=O) groups is 1. The number of amides is 1.